The minimum absolute atomic E-state index is 0. The van der Waals surface area contributed by atoms with Crippen LogP contribution in [0.25, 0.3) is 0 Å². The molecule has 0 saturated carbocycles. The lowest BCUT2D eigenvalue weighted by Crippen LogP contribution is -2.24. The average Bonchev–Trinajstić information content (AvgIpc) is 2.60. The van der Waals surface area contributed by atoms with Crippen LogP contribution in [0.4, 0.5) is 0 Å². The van der Waals surface area contributed by atoms with Crippen molar-refractivity contribution in [1.29, 1.82) is 0 Å². The van der Waals surface area contributed by atoms with Crippen molar-refractivity contribution in [3.05, 3.63) is 12.2 Å². The zero-order chi connectivity index (χ0) is 14.0. The lowest BCUT2D eigenvalue weighted by molar-refractivity contribution is 0.121. The molecule has 2 nitrogen and oxygen atoms in total. The Morgan fingerprint density at radius 2 is 1.75 bits per heavy atom. The summed E-state index contributed by atoms with van der Waals surface area (Å²) >= 11 is 0. The van der Waals surface area contributed by atoms with Crippen LogP contribution >= 0.6 is 0 Å². The molecule has 0 bridgehead atoms. The molecule has 0 aromatic carbocycles. The summed E-state index contributed by atoms with van der Waals surface area (Å²) in [7, 11) is 2.20. The normalized spacial score (nSPS) is 17.8. The van der Waals surface area contributed by atoms with Crippen molar-refractivity contribution in [3.8, 4) is 0 Å². The van der Waals surface area contributed by atoms with Crippen LogP contribution in [0, 0.1) is 5.41 Å². The molecule has 2 heteroatoms. The second-order valence-electron chi connectivity index (χ2n) is 6.32. The first-order valence-corrected chi connectivity index (χ1v) is 8.07. The van der Waals surface area contributed by atoms with Crippen LogP contribution < -0.4 is 0 Å². The van der Waals surface area contributed by atoms with Crippen molar-refractivity contribution in [2.24, 2.45) is 5.41 Å². The molecular weight excluding hydrogens is 246 g/mol. The van der Waals surface area contributed by atoms with Crippen LogP contribution in [0.15, 0.2) is 12.2 Å². The molecule has 0 aliphatic heterocycles. The maximum atomic E-state index is 5.39. The molecule has 1 aliphatic rings. The van der Waals surface area contributed by atoms with Gasteiger partial charge in [0.1, 0.15) is 0 Å². The van der Waals surface area contributed by atoms with E-state index in [-0.39, 0.29) is 7.43 Å². The predicted molar refractivity (Wildman–Crippen MR) is 90.3 cm³/mol. The van der Waals surface area contributed by atoms with Crippen molar-refractivity contribution in [3.63, 3.8) is 0 Å². The first-order valence-electron chi connectivity index (χ1n) is 8.07. The fourth-order valence-electron chi connectivity index (χ4n) is 2.88. The standard InChI is InChI=1S/C17H33NO.CH4/c1-4-19-16-15-18(3)14-10-9-13-17(2)11-7-5-6-8-12-17;/h5-6H,4,7-16H2,1-3H3;1H4. The van der Waals surface area contributed by atoms with Crippen LogP contribution in [-0.4, -0.2) is 38.3 Å². The lowest BCUT2D eigenvalue weighted by Gasteiger charge is -2.28. The zero-order valence-corrected chi connectivity index (χ0v) is 13.3. The molecule has 1 aliphatic carbocycles. The molecule has 20 heavy (non-hydrogen) atoms. The van der Waals surface area contributed by atoms with Gasteiger partial charge >= 0.3 is 0 Å². The van der Waals surface area contributed by atoms with E-state index in [0.29, 0.717) is 5.41 Å². The summed E-state index contributed by atoms with van der Waals surface area (Å²) in [5.41, 5.74) is 0.591. The lowest BCUT2D eigenvalue weighted by atomic mass is 9.78. The molecular formula is C18H37NO. The molecule has 0 aromatic heterocycles. The van der Waals surface area contributed by atoms with Crippen LogP contribution in [0.5, 0.6) is 0 Å². The molecule has 0 aromatic rings. The van der Waals surface area contributed by atoms with Gasteiger partial charge in [0.05, 0.1) is 6.61 Å². The topological polar surface area (TPSA) is 12.5 Å². The molecule has 0 amide bonds. The van der Waals surface area contributed by atoms with Crippen LogP contribution in [0.1, 0.15) is 66.2 Å². The molecule has 0 heterocycles. The predicted octanol–water partition coefficient (Wildman–Crippen LogP) is 4.90. The fraction of sp³-hybridized carbons (Fsp3) is 0.889. The molecule has 0 N–H and O–H groups in total. The first kappa shape index (κ1) is 19.7. The van der Waals surface area contributed by atoms with Gasteiger partial charge in [0.15, 0.2) is 0 Å². The number of rotatable bonds is 9. The van der Waals surface area contributed by atoms with Gasteiger partial charge in [-0.05, 0) is 64.5 Å². The summed E-state index contributed by atoms with van der Waals surface area (Å²) in [6.45, 7) is 8.52. The second kappa shape index (κ2) is 11.3. The van der Waals surface area contributed by atoms with Crippen LogP contribution in [0.2, 0.25) is 0 Å². The van der Waals surface area contributed by atoms with Crippen LogP contribution in [-0.2, 0) is 4.74 Å². The van der Waals surface area contributed by atoms with E-state index in [1.54, 1.807) is 0 Å². The van der Waals surface area contributed by atoms with Gasteiger partial charge < -0.3 is 9.64 Å². The third-order valence-corrected chi connectivity index (χ3v) is 4.39. The van der Waals surface area contributed by atoms with E-state index in [2.05, 4.69) is 37.9 Å². The van der Waals surface area contributed by atoms with E-state index in [0.717, 1.165) is 19.8 Å². The van der Waals surface area contributed by atoms with E-state index in [1.807, 2.05) is 0 Å². The Labute approximate surface area is 127 Å². The summed E-state index contributed by atoms with van der Waals surface area (Å²) in [6.07, 6.45) is 14.2. The number of unbranched alkanes of at least 4 members (excludes halogenated alkanes) is 1. The second-order valence-corrected chi connectivity index (χ2v) is 6.32. The largest absolute Gasteiger partial charge is 0.380 e. The van der Waals surface area contributed by atoms with Gasteiger partial charge in [-0.3, -0.25) is 0 Å². The minimum Gasteiger partial charge on any atom is -0.380 e. The highest BCUT2D eigenvalue weighted by atomic mass is 16.5. The zero-order valence-electron chi connectivity index (χ0n) is 13.3. The van der Waals surface area contributed by atoms with E-state index in [4.69, 9.17) is 4.74 Å². The number of allylic oxidation sites excluding steroid dienone is 2. The molecule has 0 unspecified atom stereocenters. The first-order chi connectivity index (χ1) is 9.16. The van der Waals surface area contributed by atoms with E-state index in [9.17, 15) is 0 Å². The Hall–Kier alpha value is -0.340. The quantitative estimate of drug-likeness (QED) is 0.441. The maximum Gasteiger partial charge on any atom is 0.0593 e. The molecule has 1 rings (SSSR count). The van der Waals surface area contributed by atoms with E-state index in [1.165, 1.54) is 51.5 Å². The number of nitrogens with zero attached hydrogens (tertiary/aromatic N) is 1. The Kier molecular flexibility index (Phi) is 11.1. The summed E-state index contributed by atoms with van der Waals surface area (Å²) in [4.78, 5) is 2.40. The van der Waals surface area contributed by atoms with Crippen molar-refractivity contribution >= 4 is 0 Å². The Bertz CT molecular complexity index is 240. The van der Waals surface area contributed by atoms with Crippen molar-refractivity contribution in [2.45, 2.75) is 66.2 Å². The number of likely N-dealkylation sites (N-methyl/N-ethyl adjacent to an activating group) is 1. The molecule has 0 fully saturated rings. The smallest absolute Gasteiger partial charge is 0.0593 e. The van der Waals surface area contributed by atoms with Gasteiger partial charge in [0, 0.05) is 13.2 Å². The molecule has 120 valence electrons. The van der Waals surface area contributed by atoms with Gasteiger partial charge in [-0.15, -0.1) is 0 Å². The van der Waals surface area contributed by atoms with Crippen LogP contribution in [0.3, 0.4) is 0 Å². The third-order valence-electron chi connectivity index (χ3n) is 4.39. The Morgan fingerprint density at radius 1 is 1.10 bits per heavy atom. The number of hydrogen-bond donors (Lipinski definition) is 0. The molecule has 0 radical (unpaired) electrons. The van der Waals surface area contributed by atoms with Gasteiger partial charge in [0.2, 0.25) is 0 Å². The maximum absolute atomic E-state index is 5.39. The Balaban J connectivity index is 0.00000361. The van der Waals surface area contributed by atoms with Crippen molar-refractivity contribution in [1.82, 2.24) is 4.90 Å². The molecule has 0 saturated heterocycles. The summed E-state index contributed by atoms with van der Waals surface area (Å²) in [5.74, 6) is 0. The number of ether oxygens (including phenoxy) is 1. The summed E-state index contributed by atoms with van der Waals surface area (Å²) < 4.78 is 5.39. The highest BCUT2D eigenvalue weighted by molar-refractivity contribution is 4.91. The monoisotopic (exact) mass is 283 g/mol. The van der Waals surface area contributed by atoms with Gasteiger partial charge in [-0.25, -0.2) is 0 Å². The molecule has 0 atom stereocenters. The van der Waals surface area contributed by atoms with E-state index >= 15 is 0 Å². The van der Waals surface area contributed by atoms with E-state index < -0.39 is 0 Å². The number of hydrogen-bond acceptors (Lipinski definition) is 2. The third kappa shape index (κ3) is 8.76. The SMILES string of the molecule is C.CCOCCN(C)CCCCC1(C)CCC=CCC1. The Morgan fingerprint density at radius 3 is 2.35 bits per heavy atom. The van der Waals surface area contributed by atoms with Gasteiger partial charge in [0.25, 0.3) is 0 Å². The summed E-state index contributed by atoms with van der Waals surface area (Å²) in [5, 5.41) is 0. The van der Waals surface area contributed by atoms with Crippen molar-refractivity contribution in [2.75, 3.05) is 33.4 Å². The van der Waals surface area contributed by atoms with Gasteiger partial charge in [-0.2, -0.15) is 0 Å². The molecule has 0 spiro atoms. The summed E-state index contributed by atoms with van der Waals surface area (Å²) in [6, 6.07) is 0. The van der Waals surface area contributed by atoms with Crippen molar-refractivity contribution < 1.29 is 4.74 Å². The minimum atomic E-state index is 0. The highest BCUT2D eigenvalue weighted by Gasteiger charge is 2.23. The average molecular weight is 284 g/mol. The van der Waals surface area contributed by atoms with Gasteiger partial charge in [-0.1, -0.05) is 32.9 Å². The fourth-order valence-corrected chi connectivity index (χ4v) is 2.88. The highest BCUT2D eigenvalue weighted by Crippen LogP contribution is 2.36.